The van der Waals surface area contributed by atoms with Crippen LogP contribution < -0.4 is 5.73 Å². The van der Waals surface area contributed by atoms with Crippen LogP contribution in [0.2, 0.25) is 0 Å². The molecule has 0 aromatic carbocycles. The minimum Gasteiger partial charge on any atom is -0.376 e. The summed E-state index contributed by atoms with van der Waals surface area (Å²) >= 11 is 0. The summed E-state index contributed by atoms with van der Waals surface area (Å²) in [6.45, 7) is 13.2. The zero-order valence-corrected chi connectivity index (χ0v) is 13.4. The van der Waals surface area contributed by atoms with Gasteiger partial charge in [-0.2, -0.15) is 0 Å². The Hall–Kier alpha value is -0.120. The van der Waals surface area contributed by atoms with Crippen molar-refractivity contribution >= 4 is 0 Å². The van der Waals surface area contributed by atoms with Gasteiger partial charge in [0, 0.05) is 12.6 Å². The Labute approximate surface area is 119 Å². The molecule has 1 fully saturated rings. The second-order valence-electron chi connectivity index (χ2n) is 6.42. The van der Waals surface area contributed by atoms with Crippen LogP contribution in [0, 0.1) is 11.8 Å². The molecule has 3 unspecified atom stereocenters. The Balaban J connectivity index is 2.32. The summed E-state index contributed by atoms with van der Waals surface area (Å²) in [6.07, 6.45) is 5.38. The van der Waals surface area contributed by atoms with Crippen LogP contribution in [0.3, 0.4) is 0 Å². The number of nitrogens with two attached hydrogens (primary N) is 1. The Morgan fingerprint density at radius 3 is 2.63 bits per heavy atom. The summed E-state index contributed by atoms with van der Waals surface area (Å²) in [5.41, 5.74) is 5.72. The maximum Gasteiger partial charge on any atom is 0.0674 e. The zero-order chi connectivity index (χ0) is 14.3. The van der Waals surface area contributed by atoms with Crippen molar-refractivity contribution < 1.29 is 4.74 Å². The molecule has 3 atom stereocenters. The lowest BCUT2D eigenvalue weighted by Gasteiger charge is -2.38. The van der Waals surface area contributed by atoms with Crippen LogP contribution >= 0.6 is 0 Å². The number of rotatable bonds is 8. The van der Waals surface area contributed by atoms with Crippen LogP contribution in [0.4, 0.5) is 0 Å². The van der Waals surface area contributed by atoms with Crippen molar-refractivity contribution in [1.82, 2.24) is 4.90 Å². The molecule has 3 heteroatoms. The van der Waals surface area contributed by atoms with Gasteiger partial charge in [0.05, 0.1) is 12.7 Å². The molecule has 0 radical (unpaired) electrons. The van der Waals surface area contributed by atoms with Crippen LogP contribution in [0.15, 0.2) is 0 Å². The second kappa shape index (κ2) is 8.93. The van der Waals surface area contributed by atoms with Crippen LogP contribution in [-0.4, -0.2) is 43.3 Å². The molecule has 2 N–H and O–H groups in total. The quantitative estimate of drug-likeness (QED) is 0.737. The first kappa shape index (κ1) is 16.9. The van der Waals surface area contributed by atoms with Crippen LogP contribution in [0.5, 0.6) is 0 Å². The molecule has 1 aliphatic rings. The predicted molar refractivity (Wildman–Crippen MR) is 82.3 cm³/mol. The van der Waals surface area contributed by atoms with Gasteiger partial charge in [0.25, 0.3) is 0 Å². The molecule has 0 saturated carbocycles. The lowest BCUT2D eigenvalue weighted by atomic mass is 9.88. The van der Waals surface area contributed by atoms with Gasteiger partial charge in [0.1, 0.15) is 0 Å². The highest BCUT2D eigenvalue weighted by atomic mass is 16.5. The normalized spacial score (nSPS) is 26.8. The van der Waals surface area contributed by atoms with Gasteiger partial charge in [-0.05, 0) is 57.5 Å². The highest BCUT2D eigenvalue weighted by Crippen LogP contribution is 2.22. The van der Waals surface area contributed by atoms with Crippen LogP contribution in [-0.2, 0) is 4.74 Å². The minimum atomic E-state index is 0.396. The summed E-state index contributed by atoms with van der Waals surface area (Å²) in [5, 5.41) is 0. The van der Waals surface area contributed by atoms with Crippen molar-refractivity contribution in [3.05, 3.63) is 0 Å². The molecule has 0 amide bonds. The van der Waals surface area contributed by atoms with E-state index in [9.17, 15) is 0 Å². The van der Waals surface area contributed by atoms with E-state index in [-0.39, 0.29) is 0 Å². The first-order chi connectivity index (χ1) is 9.08. The van der Waals surface area contributed by atoms with Crippen molar-refractivity contribution in [3.8, 4) is 0 Å². The van der Waals surface area contributed by atoms with Gasteiger partial charge in [-0.15, -0.1) is 0 Å². The Bertz CT molecular complexity index is 233. The molecule has 1 rings (SSSR count). The SMILES string of the molecule is CCC1COC(C)CN1CCCC(CCN)C(C)C. The Kier molecular flexibility index (Phi) is 7.96. The molecule has 0 aliphatic carbocycles. The lowest BCUT2D eigenvalue weighted by Crippen LogP contribution is -2.48. The molecule has 1 aliphatic heterocycles. The fraction of sp³-hybridized carbons (Fsp3) is 1.00. The molecule has 0 bridgehead atoms. The number of ether oxygens (including phenoxy) is 1. The highest BCUT2D eigenvalue weighted by Gasteiger charge is 2.25. The van der Waals surface area contributed by atoms with Gasteiger partial charge in [0.15, 0.2) is 0 Å². The van der Waals surface area contributed by atoms with Gasteiger partial charge in [-0.3, -0.25) is 4.90 Å². The first-order valence-corrected chi connectivity index (χ1v) is 8.14. The molecule has 0 aromatic heterocycles. The average Bonchev–Trinajstić information content (AvgIpc) is 2.38. The van der Waals surface area contributed by atoms with Crippen LogP contribution in [0.1, 0.15) is 53.4 Å². The first-order valence-electron chi connectivity index (χ1n) is 8.14. The van der Waals surface area contributed by atoms with E-state index in [1.54, 1.807) is 0 Å². The molecule has 3 nitrogen and oxygen atoms in total. The summed E-state index contributed by atoms with van der Waals surface area (Å²) in [6, 6.07) is 0.628. The Morgan fingerprint density at radius 1 is 1.32 bits per heavy atom. The van der Waals surface area contributed by atoms with Crippen LogP contribution in [0.25, 0.3) is 0 Å². The van der Waals surface area contributed by atoms with E-state index < -0.39 is 0 Å². The van der Waals surface area contributed by atoms with E-state index >= 15 is 0 Å². The van der Waals surface area contributed by atoms with Gasteiger partial charge < -0.3 is 10.5 Å². The van der Waals surface area contributed by atoms with E-state index in [0.717, 1.165) is 31.5 Å². The number of nitrogens with zero attached hydrogens (tertiary/aromatic N) is 1. The molecular weight excluding hydrogens is 236 g/mol. The monoisotopic (exact) mass is 270 g/mol. The summed E-state index contributed by atoms with van der Waals surface area (Å²) < 4.78 is 5.76. The van der Waals surface area contributed by atoms with E-state index in [0.29, 0.717) is 12.1 Å². The number of hydrogen-bond acceptors (Lipinski definition) is 3. The van der Waals surface area contributed by atoms with Gasteiger partial charge >= 0.3 is 0 Å². The maximum atomic E-state index is 5.76. The predicted octanol–water partition coefficient (Wildman–Crippen LogP) is 2.89. The number of morpholine rings is 1. The molecule has 0 spiro atoms. The number of hydrogen-bond donors (Lipinski definition) is 1. The third kappa shape index (κ3) is 5.80. The second-order valence-corrected chi connectivity index (χ2v) is 6.42. The third-order valence-corrected chi connectivity index (χ3v) is 4.55. The minimum absolute atomic E-state index is 0.396. The largest absolute Gasteiger partial charge is 0.376 e. The maximum absolute atomic E-state index is 5.76. The van der Waals surface area contributed by atoms with Gasteiger partial charge in [-0.1, -0.05) is 20.8 Å². The molecule has 1 saturated heterocycles. The van der Waals surface area contributed by atoms with Crippen molar-refractivity contribution in [2.45, 2.75) is 65.5 Å². The fourth-order valence-electron chi connectivity index (χ4n) is 3.14. The van der Waals surface area contributed by atoms with Crippen molar-refractivity contribution in [3.63, 3.8) is 0 Å². The third-order valence-electron chi connectivity index (χ3n) is 4.55. The molecule has 114 valence electrons. The van der Waals surface area contributed by atoms with E-state index in [1.165, 1.54) is 32.2 Å². The molecular formula is C16H34N2O. The van der Waals surface area contributed by atoms with E-state index in [2.05, 4.69) is 32.6 Å². The topological polar surface area (TPSA) is 38.5 Å². The lowest BCUT2D eigenvalue weighted by molar-refractivity contribution is -0.0565. The summed E-state index contributed by atoms with van der Waals surface area (Å²) in [7, 11) is 0. The highest BCUT2D eigenvalue weighted by molar-refractivity contribution is 4.78. The Morgan fingerprint density at radius 2 is 2.05 bits per heavy atom. The van der Waals surface area contributed by atoms with Crippen molar-refractivity contribution in [1.29, 1.82) is 0 Å². The fourth-order valence-corrected chi connectivity index (χ4v) is 3.14. The molecule has 1 heterocycles. The molecule has 19 heavy (non-hydrogen) atoms. The van der Waals surface area contributed by atoms with Gasteiger partial charge in [0.2, 0.25) is 0 Å². The molecule has 0 aromatic rings. The average molecular weight is 270 g/mol. The standard InChI is InChI=1S/C16H34N2O/c1-5-16-12-19-14(4)11-18(16)10-6-7-15(8-9-17)13(2)3/h13-16H,5-12,17H2,1-4H3. The van der Waals surface area contributed by atoms with Gasteiger partial charge in [-0.25, -0.2) is 0 Å². The van der Waals surface area contributed by atoms with E-state index in [4.69, 9.17) is 10.5 Å². The summed E-state index contributed by atoms with van der Waals surface area (Å²) in [5.74, 6) is 1.55. The zero-order valence-electron chi connectivity index (χ0n) is 13.4. The van der Waals surface area contributed by atoms with Crippen molar-refractivity contribution in [2.75, 3.05) is 26.2 Å². The van der Waals surface area contributed by atoms with E-state index in [1.807, 2.05) is 0 Å². The van der Waals surface area contributed by atoms with Crippen molar-refractivity contribution in [2.24, 2.45) is 17.6 Å². The smallest absolute Gasteiger partial charge is 0.0674 e. The summed E-state index contributed by atoms with van der Waals surface area (Å²) in [4.78, 5) is 2.63.